The molecule has 2 bridgehead atoms. The van der Waals surface area contributed by atoms with Crippen molar-refractivity contribution in [2.45, 2.75) is 95.5 Å². The van der Waals surface area contributed by atoms with Gasteiger partial charge < -0.3 is 19.6 Å². The van der Waals surface area contributed by atoms with Crippen molar-refractivity contribution in [2.75, 3.05) is 27.2 Å². The molecule has 3 fully saturated rings. The Morgan fingerprint density at radius 3 is 2.43 bits per heavy atom. The van der Waals surface area contributed by atoms with Crippen LogP contribution in [0.3, 0.4) is 0 Å². The van der Waals surface area contributed by atoms with Gasteiger partial charge in [0, 0.05) is 65.8 Å². The van der Waals surface area contributed by atoms with Gasteiger partial charge in [0.25, 0.3) is 5.91 Å². The second kappa shape index (κ2) is 15.9. The third-order valence-electron chi connectivity index (χ3n) is 12.9. The number of aromatic nitrogens is 2. The number of nitrogens with zero attached hydrogens (tertiary/aromatic N) is 5. The number of likely N-dealkylation sites (tertiary alicyclic amines) is 1. The molecule has 13 heteroatoms. The molecule has 4 aromatic rings. The Morgan fingerprint density at radius 2 is 1.76 bits per heavy atom. The van der Waals surface area contributed by atoms with E-state index in [0.29, 0.717) is 30.2 Å². The van der Waals surface area contributed by atoms with Crippen LogP contribution in [0.25, 0.3) is 28.2 Å². The minimum Gasteiger partial charge on any atom is -0.497 e. The van der Waals surface area contributed by atoms with Gasteiger partial charge in [-0.25, -0.2) is 13.1 Å². The predicted octanol–water partition coefficient (Wildman–Crippen LogP) is 7.28. The van der Waals surface area contributed by atoms with Crippen LogP contribution in [0.5, 0.6) is 5.75 Å². The Morgan fingerprint density at radius 1 is 1.02 bits per heavy atom. The lowest BCUT2D eigenvalue weighted by Crippen LogP contribution is -2.55. The van der Waals surface area contributed by atoms with Crippen LogP contribution in [0.15, 0.2) is 65.4 Å². The molecule has 3 atom stereocenters. The monoisotopic (exact) mass is 803 g/mol. The lowest BCUT2D eigenvalue weighted by Gasteiger charge is -2.40. The molecule has 12 nitrogen and oxygen atoms in total. The summed E-state index contributed by atoms with van der Waals surface area (Å²) < 4.78 is 35.9. The van der Waals surface area contributed by atoms with Gasteiger partial charge in [0.1, 0.15) is 11.7 Å². The summed E-state index contributed by atoms with van der Waals surface area (Å²) in [6.45, 7) is 6.49. The molecule has 3 aliphatic heterocycles. The number of pyridine rings is 1. The second-order valence-electron chi connectivity index (χ2n) is 16.7. The molecule has 2 N–H and O–H groups in total. The number of piperazine rings is 1. The fraction of sp³-hybridized carbons (Fsp3) is 0.444. The molecule has 4 aliphatic rings. The Balaban J connectivity index is 1.35. The summed E-state index contributed by atoms with van der Waals surface area (Å²) in [5, 5.41) is 9.09. The van der Waals surface area contributed by atoms with Crippen molar-refractivity contribution < 1.29 is 22.7 Å². The maximum absolute atomic E-state index is 14.8. The summed E-state index contributed by atoms with van der Waals surface area (Å²) >= 11 is 0. The second-order valence-corrected chi connectivity index (χ2v) is 18.9. The predicted molar refractivity (Wildman–Crippen MR) is 229 cm³/mol. The third kappa shape index (κ3) is 7.27. The maximum Gasteiger partial charge on any atom is 0.264 e. The van der Waals surface area contributed by atoms with Gasteiger partial charge in [-0.2, -0.15) is 0 Å². The van der Waals surface area contributed by atoms with Crippen LogP contribution >= 0.6 is 0 Å². The van der Waals surface area contributed by atoms with E-state index in [1.54, 1.807) is 31.6 Å². The molecule has 0 spiro atoms. The van der Waals surface area contributed by atoms with Gasteiger partial charge in [0.05, 0.1) is 36.0 Å². The Bertz CT molecular complexity index is 2450. The number of allylic oxidation sites excluding steroid dienone is 1. The van der Waals surface area contributed by atoms with Gasteiger partial charge >= 0.3 is 0 Å². The molecule has 8 rings (SSSR count). The first-order valence-electron chi connectivity index (χ1n) is 20.5. The van der Waals surface area contributed by atoms with Crippen LogP contribution in [0.2, 0.25) is 0 Å². The van der Waals surface area contributed by atoms with E-state index in [1.807, 2.05) is 36.1 Å². The molecule has 3 unspecified atom stereocenters. The number of nitrogens with one attached hydrogen (secondary N) is 2. The number of aliphatic imine (C=N–C) groups is 1. The van der Waals surface area contributed by atoms with E-state index >= 15 is 0 Å². The number of sulfonamides is 1. The molecule has 2 aromatic carbocycles. The van der Waals surface area contributed by atoms with Crippen molar-refractivity contribution in [1.29, 1.82) is 5.41 Å². The molecular formula is C45H53N7O5S. The number of likely N-dealkylation sites (N-methyl/N-ethyl adjacent to an activating group) is 1. The first-order valence-corrected chi connectivity index (χ1v) is 22.0. The van der Waals surface area contributed by atoms with Gasteiger partial charge in [-0.15, -0.1) is 0 Å². The van der Waals surface area contributed by atoms with E-state index in [-0.39, 0.29) is 36.0 Å². The van der Waals surface area contributed by atoms with Crippen molar-refractivity contribution in [3.63, 3.8) is 0 Å². The molecule has 0 radical (unpaired) electrons. The minimum atomic E-state index is -3.88. The van der Waals surface area contributed by atoms with Crippen LogP contribution in [0.1, 0.15) is 91.8 Å². The number of rotatable bonds is 10. The van der Waals surface area contributed by atoms with Crippen molar-refractivity contribution in [3.05, 3.63) is 82.7 Å². The van der Waals surface area contributed by atoms with Crippen LogP contribution < -0.4 is 9.46 Å². The lowest BCUT2D eigenvalue weighted by atomic mass is 9.81. The number of methoxy groups -OCH3 is 1. The Labute approximate surface area is 340 Å². The number of carbonyl (C=O) groups is 2. The maximum atomic E-state index is 14.8. The topological polar surface area (TPSA) is 150 Å². The third-order valence-corrected chi connectivity index (χ3v) is 14.6. The summed E-state index contributed by atoms with van der Waals surface area (Å²) in [7, 11) is -0.0958. The molecule has 58 heavy (non-hydrogen) atoms. The number of ether oxygens (including phenoxy) is 1. The van der Waals surface area contributed by atoms with Gasteiger partial charge in [-0.1, -0.05) is 25.3 Å². The molecule has 1 saturated carbocycles. The van der Waals surface area contributed by atoms with Crippen LogP contribution in [-0.4, -0.2) is 96.1 Å². The van der Waals surface area contributed by atoms with E-state index in [0.717, 1.165) is 77.4 Å². The van der Waals surface area contributed by atoms with Crippen LogP contribution in [-0.2, 0) is 21.4 Å². The highest BCUT2D eigenvalue weighted by Crippen LogP contribution is 2.47. The zero-order valence-electron chi connectivity index (χ0n) is 34.0. The van der Waals surface area contributed by atoms with E-state index in [1.165, 1.54) is 32.0 Å². The van der Waals surface area contributed by atoms with E-state index in [9.17, 15) is 18.0 Å². The SMILES string of the molecule is COc1ccc2c(c1)C=C(C(=Nc1ccncc1C)C(C=N)C(=O)N1CC3CCC(C1)N3C)Cn1c-2c(C2CCCCC2)c2ccc(C(=O)NS(=O)(=O)C(C)C)cc21. The average Bonchev–Trinajstić information content (AvgIpc) is 3.53. The molecule has 5 heterocycles. The highest BCUT2D eigenvalue weighted by molar-refractivity contribution is 7.90. The number of fused-ring (bicyclic) bond motifs is 7. The van der Waals surface area contributed by atoms with Crippen LogP contribution in [0.4, 0.5) is 5.69 Å². The fourth-order valence-electron chi connectivity index (χ4n) is 9.46. The summed E-state index contributed by atoms with van der Waals surface area (Å²) in [5.41, 5.74) is 7.82. The number of aryl methyl sites for hydroxylation is 1. The van der Waals surface area contributed by atoms with Crippen molar-refractivity contribution in [2.24, 2.45) is 10.9 Å². The van der Waals surface area contributed by atoms with Crippen molar-refractivity contribution in [1.82, 2.24) is 24.1 Å². The zero-order chi connectivity index (χ0) is 40.9. The first-order chi connectivity index (χ1) is 27.9. The largest absolute Gasteiger partial charge is 0.497 e. The summed E-state index contributed by atoms with van der Waals surface area (Å²) in [5.74, 6) is -0.863. The van der Waals surface area contributed by atoms with E-state index in [2.05, 4.69) is 38.4 Å². The van der Waals surface area contributed by atoms with E-state index < -0.39 is 27.1 Å². The highest BCUT2D eigenvalue weighted by atomic mass is 32.2. The van der Waals surface area contributed by atoms with Crippen molar-refractivity contribution >= 4 is 56.4 Å². The Hall–Kier alpha value is -5.14. The molecule has 2 saturated heterocycles. The highest BCUT2D eigenvalue weighted by Gasteiger charge is 2.42. The average molecular weight is 804 g/mol. The van der Waals surface area contributed by atoms with Gasteiger partial charge in [0.15, 0.2) is 0 Å². The molecule has 304 valence electrons. The molecular weight excluding hydrogens is 751 g/mol. The quantitative estimate of drug-likeness (QED) is 0.160. The smallest absolute Gasteiger partial charge is 0.264 e. The molecule has 1 aliphatic carbocycles. The number of hydrogen-bond donors (Lipinski definition) is 2. The van der Waals surface area contributed by atoms with E-state index in [4.69, 9.17) is 15.1 Å². The standard InChI is InChI=1S/C45H53N7O5S/c1-27(2)58(55,56)49-44(53)30-11-15-37-40(21-30)52-24-32(19-31-20-35(57-5)14-16-36(31)43(52)41(37)29-9-7-6-8-10-29)42(48-39-17-18-47-23-28(39)3)38(22-46)45(54)51-25-33-12-13-34(26-51)50(33)4/h11,14-23,27,29,33-34,38,46H,6-10,12-13,24-26H2,1-5H3,(H,49,53). The minimum absolute atomic E-state index is 0.146. The number of amides is 2. The van der Waals surface area contributed by atoms with Gasteiger partial charge in [-0.05, 0) is 124 Å². The molecule has 2 aromatic heterocycles. The van der Waals surface area contributed by atoms with Crippen LogP contribution in [0, 0.1) is 18.3 Å². The van der Waals surface area contributed by atoms with Gasteiger partial charge in [0.2, 0.25) is 15.9 Å². The summed E-state index contributed by atoms with van der Waals surface area (Å²) in [6.07, 6.45) is 14.3. The molecule has 2 amide bonds. The summed E-state index contributed by atoms with van der Waals surface area (Å²) in [6, 6.07) is 13.9. The number of benzene rings is 2. The Kier molecular flexibility index (Phi) is 10.9. The summed E-state index contributed by atoms with van der Waals surface area (Å²) in [4.78, 5) is 42.3. The van der Waals surface area contributed by atoms with Gasteiger partial charge in [-0.3, -0.25) is 24.5 Å². The lowest BCUT2D eigenvalue weighted by molar-refractivity contribution is -0.134. The first kappa shape index (κ1) is 39.7. The zero-order valence-corrected chi connectivity index (χ0v) is 34.8. The normalized spacial score (nSPS) is 20.6. The number of hydrogen-bond acceptors (Lipinski definition) is 9. The fourth-order valence-corrected chi connectivity index (χ4v) is 10.1. The van der Waals surface area contributed by atoms with Crippen molar-refractivity contribution in [3.8, 4) is 17.0 Å². The number of carbonyl (C=O) groups excluding carboxylic acids is 2.